The van der Waals surface area contributed by atoms with Crippen LogP contribution in [0, 0.1) is 6.92 Å². The van der Waals surface area contributed by atoms with Crippen molar-refractivity contribution in [3.63, 3.8) is 0 Å². The molecule has 0 unspecified atom stereocenters. The van der Waals surface area contributed by atoms with Crippen molar-refractivity contribution in [2.75, 3.05) is 11.9 Å². The highest BCUT2D eigenvalue weighted by Gasteiger charge is 2.13. The molecule has 1 aromatic heterocycles. The van der Waals surface area contributed by atoms with Crippen molar-refractivity contribution in [3.8, 4) is 0 Å². The van der Waals surface area contributed by atoms with Crippen LogP contribution in [-0.4, -0.2) is 22.9 Å². The second kappa shape index (κ2) is 4.69. The molecule has 0 bridgehead atoms. The summed E-state index contributed by atoms with van der Waals surface area (Å²) in [5.41, 5.74) is 0.773. The number of carbonyl (C=O) groups excluding carboxylic acids is 1. The Morgan fingerprint density at radius 1 is 1.35 bits per heavy atom. The van der Waals surface area contributed by atoms with Gasteiger partial charge < -0.3 is 4.84 Å². The SMILES string of the molecule is Cc1nccn1OC(=O)N(C)c1ccccc1. The summed E-state index contributed by atoms with van der Waals surface area (Å²) in [7, 11) is 1.66. The third-order valence-corrected chi connectivity index (χ3v) is 2.38. The minimum absolute atomic E-state index is 0.461. The van der Waals surface area contributed by atoms with Crippen LogP contribution in [0.15, 0.2) is 42.7 Å². The third kappa shape index (κ3) is 2.44. The minimum Gasteiger partial charge on any atom is -0.315 e. The lowest BCUT2D eigenvalue weighted by Crippen LogP contribution is -2.34. The van der Waals surface area contributed by atoms with Crippen LogP contribution < -0.4 is 9.74 Å². The van der Waals surface area contributed by atoms with E-state index in [4.69, 9.17) is 4.84 Å². The molecule has 0 fully saturated rings. The molecule has 5 nitrogen and oxygen atoms in total. The summed E-state index contributed by atoms with van der Waals surface area (Å²) in [5, 5.41) is 0. The lowest BCUT2D eigenvalue weighted by Gasteiger charge is -2.16. The fraction of sp³-hybridized carbons (Fsp3) is 0.167. The number of benzene rings is 1. The van der Waals surface area contributed by atoms with Crippen molar-refractivity contribution in [1.82, 2.24) is 9.71 Å². The number of amides is 1. The molecule has 1 aromatic carbocycles. The number of imidazole rings is 1. The van der Waals surface area contributed by atoms with Crippen LogP contribution in [-0.2, 0) is 0 Å². The Morgan fingerprint density at radius 3 is 2.65 bits per heavy atom. The van der Waals surface area contributed by atoms with E-state index in [1.54, 1.807) is 26.4 Å². The van der Waals surface area contributed by atoms with Gasteiger partial charge in [-0.3, -0.25) is 4.90 Å². The Labute approximate surface area is 99.2 Å². The first-order valence-corrected chi connectivity index (χ1v) is 5.19. The number of carbonyl (C=O) groups is 1. The lowest BCUT2D eigenvalue weighted by atomic mass is 10.3. The predicted octanol–water partition coefficient (Wildman–Crippen LogP) is 1.88. The van der Waals surface area contributed by atoms with Gasteiger partial charge in [0, 0.05) is 18.9 Å². The monoisotopic (exact) mass is 231 g/mol. The topological polar surface area (TPSA) is 47.4 Å². The molecule has 5 heteroatoms. The van der Waals surface area contributed by atoms with Gasteiger partial charge in [-0.15, -0.1) is 0 Å². The van der Waals surface area contributed by atoms with Crippen molar-refractivity contribution < 1.29 is 9.63 Å². The molecule has 2 aromatic rings. The molecule has 0 aliphatic heterocycles. The van der Waals surface area contributed by atoms with E-state index in [-0.39, 0.29) is 0 Å². The van der Waals surface area contributed by atoms with Crippen molar-refractivity contribution in [2.24, 2.45) is 0 Å². The molecule has 2 rings (SSSR count). The van der Waals surface area contributed by atoms with Gasteiger partial charge in [0.15, 0.2) is 0 Å². The summed E-state index contributed by atoms with van der Waals surface area (Å²) in [4.78, 5) is 22.4. The Balaban J connectivity index is 2.09. The van der Waals surface area contributed by atoms with Gasteiger partial charge in [0.05, 0.1) is 6.20 Å². The predicted molar refractivity (Wildman–Crippen MR) is 63.8 cm³/mol. The van der Waals surface area contributed by atoms with E-state index in [0.717, 1.165) is 5.69 Å². The molecule has 0 saturated heterocycles. The van der Waals surface area contributed by atoms with Crippen molar-refractivity contribution in [1.29, 1.82) is 0 Å². The third-order valence-electron chi connectivity index (χ3n) is 2.38. The highest BCUT2D eigenvalue weighted by atomic mass is 16.7. The second-order valence-electron chi connectivity index (χ2n) is 3.55. The first-order valence-electron chi connectivity index (χ1n) is 5.19. The maximum absolute atomic E-state index is 11.8. The van der Waals surface area contributed by atoms with Crippen molar-refractivity contribution in [2.45, 2.75) is 6.92 Å². The molecule has 0 N–H and O–H groups in total. The average Bonchev–Trinajstić information content (AvgIpc) is 2.75. The van der Waals surface area contributed by atoms with Gasteiger partial charge >= 0.3 is 6.09 Å². The summed E-state index contributed by atoms with van der Waals surface area (Å²) in [6, 6.07) is 9.29. The highest BCUT2D eigenvalue weighted by molar-refractivity contribution is 5.87. The van der Waals surface area contributed by atoms with Crippen LogP contribution in [0.4, 0.5) is 10.5 Å². The normalized spacial score (nSPS) is 10.0. The number of aryl methyl sites for hydroxylation is 1. The van der Waals surface area contributed by atoms with Gasteiger partial charge in [-0.25, -0.2) is 9.78 Å². The van der Waals surface area contributed by atoms with Crippen LogP contribution >= 0.6 is 0 Å². The lowest BCUT2D eigenvalue weighted by molar-refractivity contribution is 0.138. The van der Waals surface area contributed by atoms with Gasteiger partial charge in [-0.1, -0.05) is 18.2 Å². The Bertz CT molecular complexity index is 507. The smallest absolute Gasteiger partial charge is 0.315 e. The molecule has 0 aliphatic rings. The summed E-state index contributed by atoms with van der Waals surface area (Å²) < 4.78 is 1.34. The summed E-state index contributed by atoms with van der Waals surface area (Å²) in [6.07, 6.45) is 2.70. The molecular weight excluding hydrogens is 218 g/mol. The molecular formula is C12H13N3O2. The van der Waals surface area contributed by atoms with Crippen molar-refractivity contribution in [3.05, 3.63) is 48.5 Å². The van der Waals surface area contributed by atoms with E-state index in [1.807, 2.05) is 30.3 Å². The van der Waals surface area contributed by atoms with Gasteiger partial charge in [-0.2, -0.15) is 4.73 Å². The van der Waals surface area contributed by atoms with E-state index >= 15 is 0 Å². The number of rotatable bonds is 2. The number of para-hydroxylation sites is 1. The standard InChI is InChI=1S/C12H13N3O2/c1-10-13-8-9-15(10)17-12(16)14(2)11-6-4-3-5-7-11/h3-9H,1-2H3. The zero-order valence-electron chi connectivity index (χ0n) is 9.70. The maximum Gasteiger partial charge on any atom is 0.438 e. The van der Waals surface area contributed by atoms with Crippen LogP contribution in [0.2, 0.25) is 0 Å². The van der Waals surface area contributed by atoms with E-state index in [9.17, 15) is 4.79 Å². The van der Waals surface area contributed by atoms with E-state index < -0.39 is 6.09 Å². The van der Waals surface area contributed by atoms with Crippen molar-refractivity contribution >= 4 is 11.8 Å². The zero-order valence-corrected chi connectivity index (χ0v) is 9.70. The molecule has 1 amide bonds. The van der Waals surface area contributed by atoms with Gasteiger partial charge in [0.2, 0.25) is 0 Å². The Morgan fingerprint density at radius 2 is 2.06 bits per heavy atom. The van der Waals surface area contributed by atoms with Crippen LogP contribution in [0.1, 0.15) is 5.82 Å². The number of hydrogen-bond donors (Lipinski definition) is 0. The van der Waals surface area contributed by atoms with Gasteiger partial charge in [-0.05, 0) is 19.1 Å². The summed E-state index contributed by atoms with van der Waals surface area (Å²) >= 11 is 0. The minimum atomic E-state index is -0.461. The quantitative estimate of drug-likeness (QED) is 0.792. The molecule has 0 saturated carbocycles. The molecule has 0 atom stereocenters. The molecule has 1 heterocycles. The molecule has 0 aliphatic carbocycles. The number of aromatic nitrogens is 2. The zero-order chi connectivity index (χ0) is 12.3. The summed E-state index contributed by atoms with van der Waals surface area (Å²) in [6.45, 7) is 1.76. The average molecular weight is 231 g/mol. The number of hydrogen-bond acceptors (Lipinski definition) is 3. The van der Waals surface area contributed by atoms with Crippen LogP contribution in [0.5, 0.6) is 0 Å². The first kappa shape index (κ1) is 11.2. The van der Waals surface area contributed by atoms with Crippen LogP contribution in [0.3, 0.4) is 0 Å². The largest absolute Gasteiger partial charge is 0.438 e. The fourth-order valence-electron chi connectivity index (χ4n) is 1.37. The van der Waals surface area contributed by atoms with Crippen LogP contribution in [0.25, 0.3) is 0 Å². The fourth-order valence-corrected chi connectivity index (χ4v) is 1.37. The Kier molecular flexibility index (Phi) is 3.09. The van der Waals surface area contributed by atoms with Gasteiger partial charge in [0.25, 0.3) is 0 Å². The second-order valence-corrected chi connectivity index (χ2v) is 3.55. The van der Waals surface area contributed by atoms with E-state index in [1.165, 1.54) is 9.63 Å². The molecule has 17 heavy (non-hydrogen) atoms. The first-order chi connectivity index (χ1) is 8.18. The highest BCUT2D eigenvalue weighted by Crippen LogP contribution is 2.11. The maximum atomic E-state index is 11.8. The van der Waals surface area contributed by atoms with E-state index in [2.05, 4.69) is 4.98 Å². The van der Waals surface area contributed by atoms with Gasteiger partial charge in [0.1, 0.15) is 5.82 Å². The number of nitrogens with zero attached hydrogens (tertiary/aromatic N) is 3. The molecule has 0 radical (unpaired) electrons. The molecule has 88 valence electrons. The van der Waals surface area contributed by atoms with E-state index in [0.29, 0.717) is 5.82 Å². The molecule has 0 spiro atoms. The summed E-state index contributed by atoms with van der Waals surface area (Å²) in [5.74, 6) is 0.625. The Hall–Kier alpha value is -2.30. The number of anilines is 1.